The Labute approximate surface area is 149 Å². The highest BCUT2D eigenvalue weighted by molar-refractivity contribution is 9.10. The smallest absolute Gasteiger partial charge is 0.314 e. The van der Waals surface area contributed by atoms with Crippen LogP contribution in [0.15, 0.2) is 22.9 Å². The Hall–Kier alpha value is -0.0800. The van der Waals surface area contributed by atoms with E-state index < -0.39 is 12.6 Å². The number of nitrogens with zero attached hydrogens (tertiary/aromatic N) is 2. The fourth-order valence-corrected chi connectivity index (χ4v) is 2.67. The molecule has 2 heterocycles. The van der Waals surface area contributed by atoms with E-state index in [1.807, 2.05) is 6.07 Å². The fraction of sp³-hybridized carbons (Fsp3) is 0.615. The van der Waals surface area contributed by atoms with Crippen LogP contribution in [0.5, 0.6) is 0 Å². The van der Waals surface area contributed by atoms with Crippen molar-refractivity contribution in [2.75, 3.05) is 26.2 Å². The minimum Gasteiger partial charge on any atom is -0.314 e. The van der Waals surface area contributed by atoms with Crippen LogP contribution in [0.3, 0.4) is 0 Å². The molecule has 1 aromatic rings. The zero-order valence-corrected chi connectivity index (χ0v) is 15.0. The van der Waals surface area contributed by atoms with Crippen LogP contribution in [0.2, 0.25) is 0 Å². The summed E-state index contributed by atoms with van der Waals surface area (Å²) in [7, 11) is 0. The molecule has 2 rings (SSSR count). The molecule has 1 aliphatic heterocycles. The summed E-state index contributed by atoms with van der Waals surface area (Å²) in [4.78, 5) is 6.24. The summed E-state index contributed by atoms with van der Waals surface area (Å²) < 4.78 is 38.2. The van der Waals surface area contributed by atoms with E-state index in [0.717, 1.165) is 31.7 Å². The lowest BCUT2D eigenvalue weighted by Crippen LogP contribution is -2.45. The average molecular weight is 425 g/mol. The second-order valence-corrected chi connectivity index (χ2v) is 5.68. The van der Waals surface area contributed by atoms with Crippen LogP contribution in [-0.2, 0) is 0 Å². The summed E-state index contributed by atoms with van der Waals surface area (Å²) in [5.41, 5.74) is 0.847. The van der Waals surface area contributed by atoms with Crippen molar-refractivity contribution in [3.8, 4) is 0 Å². The van der Waals surface area contributed by atoms with E-state index in [9.17, 15) is 13.2 Å². The fourth-order valence-electron chi connectivity index (χ4n) is 2.44. The van der Waals surface area contributed by atoms with E-state index in [4.69, 9.17) is 0 Å². The molecule has 3 nitrogen and oxygen atoms in total. The monoisotopic (exact) mass is 423 g/mol. The van der Waals surface area contributed by atoms with Gasteiger partial charge in [-0.15, -0.1) is 24.8 Å². The zero-order valence-electron chi connectivity index (χ0n) is 11.8. The van der Waals surface area contributed by atoms with Gasteiger partial charge in [0.2, 0.25) is 0 Å². The zero-order chi connectivity index (χ0) is 14.6. The first-order chi connectivity index (χ1) is 9.46. The second-order valence-electron chi connectivity index (χ2n) is 4.87. The number of halogens is 6. The second kappa shape index (κ2) is 9.93. The van der Waals surface area contributed by atoms with Crippen molar-refractivity contribution in [1.29, 1.82) is 0 Å². The van der Waals surface area contributed by atoms with Crippen LogP contribution in [0.1, 0.15) is 24.4 Å². The van der Waals surface area contributed by atoms with Crippen LogP contribution in [-0.4, -0.2) is 42.2 Å². The number of pyridine rings is 1. The molecular weight excluding hydrogens is 406 g/mol. The standard InChI is InChI=1S/C13H17BrF3N3.2ClH/c14-12-2-1-10(9-19-12)11(3-4-13(15,16)17)20-7-5-18-6-8-20;;/h1-2,9,11,18H,3-8H2;2*1H/t11-;;/m1../s1. The Morgan fingerprint density at radius 1 is 1.23 bits per heavy atom. The van der Waals surface area contributed by atoms with Gasteiger partial charge in [0.1, 0.15) is 4.60 Å². The molecule has 0 aliphatic carbocycles. The van der Waals surface area contributed by atoms with E-state index in [-0.39, 0.29) is 37.3 Å². The SMILES string of the molecule is Cl.Cl.FC(F)(F)CC[C@H](c1ccc(Br)nc1)N1CCNCC1. The van der Waals surface area contributed by atoms with Crippen molar-refractivity contribution in [2.45, 2.75) is 25.1 Å². The van der Waals surface area contributed by atoms with Gasteiger partial charge in [-0.05, 0) is 34.0 Å². The summed E-state index contributed by atoms with van der Waals surface area (Å²) >= 11 is 3.25. The Morgan fingerprint density at radius 2 is 1.86 bits per heavy atom. The largest absolute Gasteiger partial charge is 0.389 e. The molecular formula is C13H19BrCl2F3N3. The molecule has 1 atom stereocenters. The van der Waals surface area contributed by atoms with Crippen LogP contribution >= 0.6 is 40.7 Å². The number of alkyl halides is 3. The van der Waals surface area contributed by atoms with Gasteiger partial charge in [0, 0.05) is 44.8 Å². The lowest BCUT2D eigenvalue weighted by molar-refractivity contribution is -0.138. The normalized spacial score (nSPS) is 17.3. The molecule has 1 fully saturated rings. The summed E-state index contributed by atoms with van der Waals surface area (Å²) in [6.45, 7) is 3.15. The predicted molar refractivity (Wildman–Crippen MR) is 88.9 cm³/mol. The molecule has 0 radical (unpaired) electrons. The molecule has 0 amide bonds. The van der Waals surface area contributed by atoms with Crippen molar-refractivity contribution >= 4 is 40.7 Å². The van der Waals surface area contributed by atoms with Gasteiger partial charge in [-0.1, -0.05) is 6.07 Å². The van der Waals surface area contributed by atoms with Crippen molar-refractivity contribution < 1.29 is 13.2 Å². The van der Waals surface area contributed by atoms with Crippen molar-refractivity contribution in [3.05, 3.63) is 28.5 Å². The molecule has 22 heavy (non-hydrogen) atoms. The van der Waals surface area contributed by atoms with Gasteiger partial charge in [0.15, 0.2) is 0 Å². The lowest BCUT2D eigenvalue weighted by Gasteiger charge is -2.35. The van der Waals surface area contributed by atoms with Gasteiger partial charge >= 0.3 is 6.18 Å². The first-order valence-corrected chi connectivity index (χ1v) is 7.38. The van der Waals surface area contributed by atoms with Crippen LogP contribution in [0, 0.1) is 0 Å². The van der Waals surface area contributed by atoms with Gasteiger partial charge < -0.3 is 5.32 Å². The predicted octanol–water partition coefficient (Wildman–Crippen LogP) is 3.98. The van der Waals surface area contributed by atoms with E-state index >= 15 is 0 Å². The minimum absolute atomic E-state index is 0. The first-order valence-electron chi connectivity index (χ1n) is 6.59. The number of rotatable bonds is 4. The van der Waals surface area contributed by atoms with Gasteiger partial charge in [0.25, 0.3) is 0 Å². The number of hydrogen-bond acceptors (Lipinski definition) is 3. The summed E-state index contributed by atoms with van der Waals surface area (Å²) in [6.07, 6.45) is -3.15. The van der Waals surface area contributed by atoms with E-state index in [1.165, 1.54) is 0 Å². The Kier molecular flexibility index (Phi) is 9.89. The highest BCUT2D eigenvalue weighted by Crippen LogP contribution is 2.31. The lowest BCUT2D eigenvalue weighted by atomic mass is 10.0. The summed E-state index contributed by atoms with van der Waals surface area (Å²) in [6, 6.07) is 3.40. The van der Waals surface area contributed by atoms with Crippen molar-refractivity contribution in [2.24, 2.45) is 0 Å². The number of nitrogens with one attached hydrogen (secondary N) is 1. The molecule has 0 bridgehead atoms. The maximum Gasteiger partial charge on any atom is 0.389 e. The van der Waals surface area contributed by atoms with Crippen LogP contribution < -0.4 is 5.32 Å². The molecule has 0 aromatic carbocycles. The minimum atomic E-state index is -4.12. The summed E-state index contributed by atoms with van der Waals surface area (Å²) in [5, 5.41) is 3.22. The Bertz CT molecular complexity index is 426. The quantitative estimate of drug-likeness (QED) is 0.741. The molecule has 1 saturated heterocycles. The third kappa shape index (κ3) is 7.00. The molecule has 0 unspecified atom stereocenters. The molecule has 1 aromatic heterocycles. The van der Waals surface area contributed by atoms with E-state index in [1.54, 1.807) is 12.3 Å². The topological polar surface area (TPSA) is 28.2 Å². The Balaban J connectivity index is 0.00000220. The number of piperazine rings is 1. The molecule has 1 N–H and O–H groups in total. The summed E-state index contributed by atoms with van der Waals surface area (Å²) in [5.74, 6) is 0. The van der Waals surface area contributed by atoms with Gasteiger partial charge in [-0.3, -0.25) is 4.90 Å². The average Bonchev–Trinajstić information content (AvgIpc) is 2.41. The maximum absolute atomic E-state index is 12.5. The van der Waals surface area contributed by atoms with Gasteiger partial charge in [-0.25, -0.2) is 4.98 Å². The molecule has 0 saturated carbocycles. The number of aromatic nitrogens is 1. The van der Waals surface area contributed by atoms with Gasteiger partial charge in [-0.2, -0.15) is 13.2 Å². The third-order valence-electron chi connectivity index (χ3n) is 3.43. The van der Waals surface area contributed by atoms with Crippen molar-refractivity contribution in [3.63, 3.8) is 0 Å². The molecule has 9 heteroatoms. The molecule has 128 valence electrons. The van der Waals surface area contributed by atoms with E-state index in [2.05, 4.69) is 31.1 Å². The highest BCUT2D eigenvalue weighted by Gasteiger charge is 2.31. The maximum atomic E-state index is 12.5. The third-order valence-corrected chi connectivity index (χ3v) is 3.90. The van der Waals surface area contributed by atoms with Gasteiger partial charge in [0.05, 0.1) is 0 Å². The van der Waals surface area contributed by atoms with E-state index in [0.29, 0.717) is 4.60 Å². The highest BCUT2D eigenvalue weighted by atomic mass is 79.9. The first kappa shape index (κ1) is 21.9. The molecule has 0 spiro atoms. The van der Waals surface area contributed by atoms with Crippen LogP contribution in [0.4, 0.5) is 13.2 Å². The Morgan fingerprint density at radius 3 is 2.36 bits per heavy atom. The number of hydrogen-bond donors (Lipinski definition) is 1. The molecule has 1 aliphatic rings. The van der Waals surface area contributed by atoms with Crippen molar-refractivity contribution in [1.82, 2.24) is 15.2 Å². The van der Waals surface area contributed by atoms with Crippen LogP contribution in [0.25, 0.3) is 0 Å².